The fourth-order valence-corrected chi connectivity index (χ4v) is 14.6. The minimum Gasteiger partial charge on any atom is -0.481 e. The Morgan fingerprint density at radius 2 is 1.33 bits per heavy atom. The van der Waals surface area contributed by atoms with Crippen molar-refractivity contribution in [3.05, 3.63) is 11.6 Å². The molecule has 0 spiro atoms. The molecule has 8 aliphatic rings. The molecular weight excluding hydrogens is 824 g/mol. The highest BCUT2D eigenvalue weighted by molar-refractivity contribution is 5.76. The third-order valence-electron chi connectivity index (χ3n) is 18.7. The Morgan fingerprint density at radius 1 is 0.698 bits per heavy atom. The second kappa shape index (κ2) is 17.0. The van der Waals surface area contributed by atoms with Gasteiger partial charge in [-0.1, -0.05) is 53.2 Å². The molecule has 4 saturated carbocycles. The van der Waals surface area contributed by atoms with Gasteiger partial charge >= 0.3 is 5.97 Å². The van der Waals surface area contributed by atoms with Gasteiger partial charge in [0.25, 0.3) is 0 Å². The van der Waals surface area contributed by atoms with Gasteiger partial charge in [-0.15, -0.1) is 0 Å². The number of carboxylic acids is 1. The fraction of sp³-hybridized carbons (Fsp3) is 0.935. The lowest BCUT2D eigenvalue weighted by molar-refractivity contribution is -0.389. The maximum atomic E-state index is 13.1. The molecule has 7 fully saturated rings. The van der Waals surface area contributed by atoms with Gasteiger partial charge in [-0.25, -0.2) is 0 Å². The number of allylic oxidation sites excluding steroid dienone is 2. The van der Waals surface area contributed by atoms with Gasteiger partial charge in [0.2, 0.25) is 0 Å². The van der Waals surface area contributed by atoms with Crippen LogP contribution in [0.1, 0.15) is 106 Å². The Morgan fingerprint density at radius 3 is 2.00 bits per heavy atom. The summed E-state index contributed by atoms with van der Waals surface area (Å²) in [6.45, 7) is 12.1. The number of ether oxygens (including phenoxy) is 6. The van der Waals surface area contributed by atoms with Gasteiger partial charge in [-0.3, -0.25) is 4.79 Å². The number of aliphatic hydroxyl groups is 9. The van der Waals surface area contributed by atoms with Gasteiger partial charge in [0.1, 0.15) is 61.0 Å². The van der Waals surface area contributed by atoms with E-state index in [0.29, 0.717) is 19.3 Å². The summed E-state index contributed by atoms with van der Waals surface area (Å²) in [5.41, 5.74) is -0.681. The molecule has 0 amide bonds. The van der Waals surface area contributed by atoms with Crippen molar-refractivity contribution in [3.8, 4) is 0 Å². The standard InChI is InChI=1S/C46H74O17/c1-41(2)13-15-46(40(56)57)16-14-44(5)22(23(46)17-41)7-8-28-42(3)11-10-29(43(4,21-48)27(42)9-12-45(28,44)6)61-38-35(31(52)25(50)20-59-38)63-39-36(33(54)32(53)26(18-47)60-39)62-37-34(55)30(51)24(49)19-58-37/h7,23-39,47-55H,8-21H2,1-6H3,(H,56,57). The van der Waals surface area contributed by atoms with Crippen molar-refractivity contribution in [2.75, 3.05) is 26.4 Å². The molecule has 0 aromatic carbocycles. The monoisotopic (exact) mass is 898 g/mol. The quantitative estimate of drug-likeness (QED) is 0.114. The minimum absolute atomic E-state index is 0.00337. The van der Waals surface area contributed by atoms with Crippen molar-refractivity contribution < 1.29 is 84.3 Å². The van der Waals surface area contributed by atoms with Crippen molar-refractivity contribution in [2.45, 2.75) is 192 Å². The molecule has 3 heterocycles. The number of carboxylic acid groups (broad SMARTS) is 1. The smallest absolute Gasteiger partial charge is 0.310 e. The van der Waals surface area contributed by atoms with E-state index in [2.05, 4.69) is 40.7 Å². The van der Waals surface area contributed by atoms with Gasteiger partial charge in [0.15, 0.2) is 18.9 Å². The highest BCUT2D eigenvalue weighted by atomic mass is 16.8. The number of fused-ring (bicyclic) bond motifs is 7. The fourth-order valence-electron chi connectivity index (χ4n) is 14.6. The zero-order valence-electron chi connectivity index (χ0n) is 37.6. The normalized spacial score (nSPS) is 54.5. The SMILES string of the molecule is CC1(C)CCC2(C(=O)O)CCC3(C)C(=CCC4C5(C)CCC(OC6OCC(O)C(O)C6OC6OC(CO)C(O)C(O)C6OC6OCC(O)C(O)C6O)C(C)(CO)C5CCC43C)C2C1. The summed E-state index contributed by atoms with van der Waals surface area (Å²) >= 11 is 0. The first-order valence-corrected chi connectivity index (χ1v) is 23.3. The van der Waals surface area contributed by atoms with E-state index in [4.69, 9.17) is 28.4 Å². The number of hydrogen-bond acceptors (Lipinski definition) is 16. The lowest BCUT2D eigenvalue weighted by atomic mass is 9.33. The molecule has 360 valence electrons. The van der Waals surface area contributed by atoms with Crippen molar-refractivity contribution in [3.63, 3.8) is 0 Å². The predicted octanol–water partition coefficient (Wildman–Crippen LogP) is 0.957. The van der Waals surface area contributed by atoms with Gasteiger partial charge in [0.05, 0.1) is 37.9 Å². The van der Waals surface area contributed by atoms with E-state index in [1.807, 2.05) is 6.92 Å². The van der Waals surface area contributed by atoms with E-state index in [1.54, 1.807) is 0 Å². The highest BCUT2D eigenvalue weighted by Gasteiger charge is 2.70. The van der Waals surface area contributed by atoms with Crippen LogP contribution in [0.15, 0.2) is 11.6 Å². The summed E-state index contributed by atoms with van der Waals surface area (Å²) in [6, 6.07) is 0. The largest absolute Gasteiger partial charge is 0.481 e. The summed E-state index contributed by atoms with van der Waals surface area (Å²) in [5, 5.41) is 107. The van der Waals surface area contributed by atoms with Gasteiger partial charge in [-0.2, -0.15) is 0 Å². The maximum absolute atomic E-state index is 13.1. The summed E-state index contributed by atoms with van der Waals surface area (Å²) < 4.78 is 36.1. The van der Waals surface area contributed by atoms with Gasteiger partial charge < -0.3 is 79.5 Å². The second-order valence-electron chi connectivity index (χ2n) is 22.4. The maximum Gasteiger partial charge on any atom is 0.310 e. The van der Waals surface area contributed by atoms with Crippen LogP contribution >= 0.6 is 0 Å². The van der Waals surface area contributed by atoms with E-state index in [1.165, 1.54) is 5.57 Å². The molecule has 17 nitrogen and oxygen atoms in total. The van der Waals surface area contributed by atoms with Crippen molar-refractivity contribution in [1.82, 2.24) is 0 Å². The summed E-state index contributed by atoms with van der Waals surface area (Å²) in [4.78, 5) is 13.1. The van der Waals surface area contributed by atoms with Gasteiger partial charge in [-0.05, 0) is 104 Å². The van der Waals surface area contributed by atoms with Crippen LogP contribution in [0.5, 0.6) is 0 Å². The van der Waals surface area contributed by atoms with Crippen LogP contribution in [0.3, 0.4) is 0 Å². The molecule has 22 unspecified atom stereocenters. The molecular formula is C46H74O17. The topological polar surface area (TPSA) is 275 Å². The van der Waals surface area contributed by atoms with E-state index in [0.717, 1.165) is 44.9 Å². The van der Waals surface area contributed by atoms with E-state index < -0.39 is 116 Å². The Bertz CT molecular complexity index is 1710. The lowest BCUT2D eigenvalue weighted by Crippen LogP contribution is -2.67. The molecule has 63 heavy (non-hydrogen) atoms. The minimum atomic E-state index is -1.81. The average molecular weight is 899 g/mol. The van der Waals surface area contributed by atoms with Crippen LogP contribution in [0, 0.1) is 50.2 Å². The Labute approximate surface area is 369 Å². The molecule has 10 N–H and O–H groups in total. The van der Waals surface area contributed by atoms with E-state index in [9.17, 15) is 55.9 Å². The highest BCUT2D eigenvalue weighted by Crippen LogP contribution is 2.76. The van der Waals surface area contributed by atoms with Crippen LogP contribution in [-0.4, -0.2) is 169 Å². The number of carbonyl (C=O) groups is 1. The van der Waals surface area contributed by atoms with Crippen molar-refractivity contribution in [1.29, 1.82) is 0 Å². The molecule has 22 atom stereocenters. The summed E-state index contributed by atoms with van der Waals surface area (Å²) in [7, 11) is 0. The predicted molar refractivity (Wildman–Crippen MR) is 220 cm³/mol. The number of hydrogen-bond donors (Lipinski definition) is 10. The summed E-state index contributed by atoms with van der Waals surface area (Å²) in [5.74, 6) is -0.430. The van der Waals surface area contributed by atoms with Crippen LogP contribution in [0.2, 0.25) is 0 Å². The molecule has 0 radical (unpaired) electrons. The van der Waals surface area contributed by atoms with Crippen LogP contribution in [-0.2, 0) is 33.2 Å². The molecule has 0 aromatic rings. The Balaban J connectivity index is 1.04. The number of aliphatic hydroxyl groups excluding tert-OH is 9. The van der Waals surface area contributed by atoms with E-state index >= 15 is 0 Å². The molecule has 8 rings (SSSR count). The molecule has 5 aliphatic carbocycles. The molecule has 0 aromatic heterocycles. The zero-order valence-corrected chi connectivity index (χ0v) is 37.6. The average Bonchev–Trinajstić information content (AvgIpc) is 3.23. The number of rotatable bonds is 9. The Kier molecular flexibility index (Phi) is 13.0. The second-order valence-corrected chi connectivity index (χ2v) is 22.4. The lowest BCUT2D eigenvalue weighted by Gasteiger charge is -2.71. The first-order chi connectivity index (χ1) is 29.5. The first kappa shape index (κ1) is 48.1. The first-order valence-electron chi connectivity index (χ1n) is 23.3. The molecule has 3 aliphatic heterocycles. The van der Waals surface area contributed by atoms with Crippen LogP contribution in [0.4, 0.5) is 0 Å². The third kappa shape index (κ3) is 7.50. The summed E-state index contributed by atoms with van der Waals surface area (Å²) in [6.07, 6.45) is -11.1. The van der Waals surface area contributed by atoms with Gasteiger partial charge in [0, 0.05) is 5.41 Å². The third-order valence-corrected chi connectivity index (χ3v) is 18.7. The zero-order chi connectivity index (χ0) is 45.8. The van der Waals surface area contributed by atoms with Crippen LogP contribution < -0.4 is 0 Å². The molecule has 17 heteroatoms. The number of aliphatic carboxylic acids is 1. The van der Waals surface area contributed by atoms with Crippen LogP contribution in [0.25, 0.3) is 0 Å². The van der Waals surface area contributed by atoms with Crippen molar-refractivity contribution >= 4 is 5.97 Å². The molecule has 0 bridgehead atoms. The van der Waals surface area contributed by atoms with Crippen molar-refractivity contribution in [2.24, 2.45) is 50.2 Å². The van der Waals surface area contributed by atoms with E-state index in [-0.39, 0.29) is 52.6 Å². The Hall–Kier alpha value is -1.39. The molecule has 3 saturated heterocycles.